The van der Waals surface area contributed by atoms with Crippen LogP contribution >= 0.6 is 11.6 Å². The fourth-order valence-electron chi connectivity index (χ4n) is 4.35. The van der Waals surface area contributed by atoms with Crippen LogP contribution in [0.15, 0.2) is 96.2 Å². The van der Waals surface area contributed by atoms with Crippen LogP contribution in [0.1, 0.15) is 35.7 Å². The van der Waals surface area contributed by atoms with Crippen LogP contribution in [0.5, 0.6) is 0 Å². The minimum absolute atomic E-state index is 0.0185. The first kappa shape index (κ1) is 20.1. The summed E-state index contributed by atoms with van der Waals surface area (Å²) >= 11 is 6.11. The highest BCUT2D eigenvalue weighted by molar-refractivity contribution is 6.30. The highest BCUT2D eigenvalue weighted by atomic mass is 35.5. The summed E-state index contributed by atoms with van der Waals surface area (Å²) in [6.45, 7) is 3.49. The third-order valence-corrected chi connectivity index (χ3v) is 5.88. The molecule has 2 atom stereocenters. The maximum Gasteiger partial charge on any atom is 0.186 e. The summed E-state index contributed by atoms with van der Waals surface area (Å²) in [5.74, 6) is -0.431. The van der Waals surface area contributed by atoms with Crippen molar-refractivity contribution >= 4 is 28.9 Å². The lowest BCUT2D eigenvalue weighted by atomic mass is 9.82. The van der Waals surface area contributed by atoms with Gasteiger partial charge < -0.3 is 4.90 Å². The SMILES string of the molecule is CC(=O)C1=C(C)N(c2ccccc2)C(C(=O)c2ccccc2)C1c1ccc(Cl)cc1. The summed E-state index contributed by atoms with van der Waals surface area (Å²) < 4.78 is 0. The Morgan fingerprint density at radius 3 is 1.97 bits per heavy atom. The fraction of sp³-hybridized carbons (Fsp3) is 0.154. The van der Waals surface area contributed by atoms with Gasteiger partial charge in [-0.15, -0.1) is 0 Å². The molecular weight excluding hydrogens is 394 g/mol. The monoisotopic (exact) mass is 415 g/mol. The number of carbonyl (C=O) groups excluding carboxylic acids is 2. The average Bonchev–Trinajstić information content (AvgIpc) is 3.08. The number of rotatable bonds is 5. The Morgan fingerprint density at radius 1 is 0.833 bits per heavy atom. The second-order valence-electron chi connectivity index (χ2n) is 7.47. The largest absolute Gasteiger partial charge is 0.333 e. The van der Waals surface area contributed by atoms with Crippen LogP contribution in [0.3, 0.4) is 0 Å². The molecule has 30 heavy (non-hydrogen) atoms. The lowest BCUT2D eigenvalue weighted by Crippen LogP contribution is -2.40. The summed E-state index contributed by atoms with van der Waals surface area (Å²) in [5.41, 5.74) is 3.88. The van der Waals surface area contributed by atoms with E-state index in [2.05, 4.69) is 0 Å². The number of para-hydroxylation sites is 1. The van der Waals surface area contributed by atoms with Crippen LogP contribution in [0.4, 0.5) is 5.69 Å². The molecule has 1 aliphatic rings. The van der Waals surface area contributed by atoms with Crippen LogP contribution in [0, 0.1) is 0 Å². The Labute approximate surface area is 181 Å². The van der Waals surface area contributed by atoms with Gasteiger partial charge in [-0.2, -0.15) is 0 Å². The Morgan fingerprint density at radius 2 is 1.40 bits per heavy atom. The molecule has 0 amide bonds. The number of ketones is 2. The standard InChI is InChI=1S/C26H22ClNO2/c1-17-23(18(2)29)24(19-13-15-21(27)16-14-19)25(26(30)20-9-5-3-6-10-20)28(17)22-11-7-4-8-12-22/h3-16,24-25H,1-2H3. The molecule has 0 aromatic heterocycles. The Kier molecular flexibility index (Phi) is 5.56. The lowest BCUT2D eigenvalue weighted by molar-refractivity contribution is -0.113. The zero-order valence-corrected chi connectivity index (χ0v) is 17.6. The normalized spacial score (nSPS) is 18.6. The molecule has 4 rings (SSSR count). The van der Waals surface area contributed by atoms with Gasteiger partial charge in [-0.3, -0.25) is 9.59 Å². The number of Topliss-reactive ketones (excluding diaryl/α,β-unsaturated/α-hetero) is 2. The predicted molar refractivity (Wildman–Crippen MR) is 121 cm³/mol. The van der Waals surface area contributed by atoms with Gasteiger partial charge in [0, 0.05) is 33.5 Å². The predicted octanol–water partition coefficient (Wildman–Crippen LogP) is 6.06. The van der Waals surface area contributed by atoms with Gasteiger partial charge in [0.15, 0.2) is 11.6 Å². The molecule has 0 spiro atoms. The zero-order valence-electron chi connectivity index (χ0n) is 16.9. The van der Waals surface area contributed by atoms with Crippen LogP contribution < -0.4 is 4.90 Å². The molecule has 0 saturated heterocycles. The molecule has 0 radical (unpaired) electrons. The average molecular weight is 416 g/mol. The molecule has 1 aliphatic heterocycles. The highest BCUT2D eigenvalue weighted by Crippen LogP contribution is 2.45. The first-order valence-corrected chi connectivity index (χ1v) is 10.3. The van der Waals surface area contributed by atoms with Crippen molar-refractivity contribution < 1.29 is 9.59 Å². The fourth-order valence-corrected chi connectivity index (χ4v) is 4.47. The van der Waals surface area contributed by atoms with E-state index in [9.17, 15) is 9.59 Å². The molecular formula is C26H22ClNO2. The van der Waals surface area contributed by atoms with Crippen molar-refractivity contribution in [2.45, 2.75) is 25.8 Å². The van der Waals surface area contributed by atoms with Crippen molar-refractivity contribution in [2.75, 3.05) is 4.90 Å². The molecule has 0 bridgehead atoms. The van der Waals surface area contributed by atoms with Gasteiger partial charge >= 0.3 is 0 Å². The van der Waals surface area contributed by atoms with E-state index in [1.54, 1.807) is 19.1 Å². The van der Waals surface area contributed by atoms with Gasteiger partial charge in [-0.05, 0) is 43.7 Å². The quantitative estimate of drug-likeness (QED) is 0.475. The van der Waals surface area contributed by atoms with Crippen LogP contribution in [0.2, 0.25) is 5.02 Å². The number of hydrogen-bond donors (Lipinski definition) is 0. The summed E-state index contributed by atoms with van der Waals surface area (Å²) in [5, 5.41) is 0.618. The Bertz CT molecular complexity index is 1100. The number of hydrogen-bond acceptors (Lipinski definition) is 3. The van der Waals surface area contributed by atoms with Crippen molar-refractivity contribution in [1.82, 2.24) is 0 Å². The van der Waals surface area contributed by atoms with Crippen LogP contribution in [-0.2, 0) is 4.79 Å². The minimum Gasteiger partial charge on any atom is -0.333 e. The van der Waals surface area contributed by atoms with Crippen molar-refractivity contribution in [2.24, 2.45) is 0 Å². The first-order valence-electron chi connectivity index (χ1n) is 9.89. The third-order valence-electron chi connectivity index (χ3n) is 5.63. The second-order valence-corrected chi connectivity index (χ2v) is 7.90. The molecule has 0 N–H and O–H groups in total. The van der Waals surface area contributed by atoms with Crippen molar-refractivity contribution in [3.05, 3.63) is 112 Å². The number of carbonyl (C=O) groups is 2. The first-order chi connectivity index (χ1) is 14.5. The van der Waals surface area contributed by atoms with E-state index < -0.39 is 6.04 Å². The molecule has 3 aromatic rings. The summed E-state index contributed by atoms with van der Waals surface area (Å²) in [6, 6.07) is 25.9. The Hall–Kier alpha value is -3.17. The number of anilines is 1. The van der Waals surface area contributed by atoms with E-state index in [-0.39, 0.29) is 17.5 Å². The van der Waals surface area contributed by atoms with Gasteiger partial charge in [0.05, 0.1) is 0 Å². The molecule has 3 aromatic carbocycles. The summed E-state index contributed by atoms with van der Waals surface area (Å²) in [4.78, 5) is 28.6. The van der Waals surface area contributed by atoms with Gasteiger partial charge in [0.25, 0.3) is 0 Å². The second kappa shape index (κ2) is 8.29. The smallest absolute Gasteiger partial charge is 0.186 e. The minimum atomic E-state index is -0.560. The molecule has 150 valence electrons. The Balaban J connectivity index is 1.93. The van der Waals surface area contributed by atoms with Crippen molar-refractivity contribution in [1.29, 1.82) is 0 Å². The van der Waals surface area contributed by atoms with Crippen molar-refractivity contribution in [3.63, 3.8) is 0 Å². The van der Waals surface area contributed by atoms with Crippen LogP contribution in [-0.4, -0.2) is 17.6 Å². The van der Waals surface area contributed by atoms with Gasteiger partial charge in [-0.25, -0.2) is 0 Å². The number of allylic oxidation sites excluding steroid dienone is 1. The van der Waals surface area contributed by atoms with E-state index in [0.717, 1.165) is 16.9 Å². The van der Waals surface area contributed by atoms with E-state index >= 15 is 0 Å². The highest BCUT2D eigenvalue weighted by Gasteiger charge is 2.46. The van der Waals surface area contributed by atoms with Crippen LogP contribution in [0.25, 0.3) is 0 Å². The maximum atomic E-state index is 13.8. The molecule has 3 nitrogen and oxygen atoms in total. The van der Waals surface area contributed by atoms with E-state index in [4.69, 9.17) is 11.6 Å². The van der Waals surface area contributed by atoms with Gasteiger partial charge in [0.2, 0.25) is 0 Å². The van der Waals surface area contributed by atoms with Gasteiger partial charge in [0.1, 0.15) is 6.04 Å². The molecule has 4 heteroatoms. The molecule has 2 unspecified atom stereocenters. The summed E-state index contributed by atoms with van der Waals surface area (Å²) in [7, 11) is 0. The number of benzene rings is 3. The summed E-state index contributed by atoms with van der Waals surface area (Å²) in [6.07, 6.45) is 0. The van der Waals surface area contributed by atoms with E-state index in [1.807, 2.05) is 84.6 Å². The van der Waals surface area contributed by atoms with Gasteiger partial charge in [-0.1, -0.05) is 72.3 Å². The van der Waals surface area contributed by atoms with E-state index in [1.165, 1.54) is 0 Å². The number of halogens is 1. The molecule has 0 aliphatic carbocycles. The third kappa shape index (κ3) is 3.57. The molecule has 0 fully saturated rings. The molecule has 1 heterocycles. The zero-order chi connectivity index (χ0) is 21.3. The maximum absolute atomic E-state index is 13.8. The van der Waals surface area contributed by atoms with Crippen molar-refractivity contribution in [3.8, 4) is 0 Å². The van der Waals surface area contributed by atoms with E-state index in [0.29, 0.717) is 16.2 Å². The number of nitrogens with zero attached hydrogens (tertiary/aromatic N) is 1. The topological polar surface area (TPSA) is 37.4 Å². The lowest BCUT2D eigenvalue weighted by Gasteiger charge is -2.31. The molecule has 0 saturated carbocycles.